The lowest BCUT2D eigenvalue weighted by atomic mass is 10.0. The molecule has 0 saturated carbocycles. The average molecular weight is 480 g/mol. The third-order valence-corrected chi connectivity index (χ3v) is 6.48. The van der Waals surface area contributed by atoms with Crippen molar-refractivity contribution in [2.75, 3.05) is 26.4 Å². The van der Waals surface area contributed by atoms with Gasteiger partial charge in [-0.3, -0.25) is 13.8 Å². The summed E-state index contributed by atoms with van der Waals surface area (Å²) < 4.78 is 25.6. The summed E-state index contributed by atoms with van der Waals surface area (Å²) in [4.78, 5) is 20.9. The van der Waals surface area contributed by atoms with E-state index in [9.17, 15) is 14.3 Å². The Balaban J connectivity index is 3.26. The Morgan fingerprint density at radius 1 is 0.688 bits per heavy atom. The van der Waals surface area contributed by atoms with Gasteiger partial charge in [-0.25, -0.2) is 4.57 Å². The Kier molecular flexibility index (Phi) is 23.3. The number of carbonyl (C=O) groups is 1. The van der Waals surface area contributed by atoms with E-state index in [1.54, 1.807) is 0 Å². The van der Waals surface area contributed by atoms with Gasteiger partial charge in [-0.1, -0.05) is 110 Å². The van der Waals surface area contributed by atoms with Gasteiger partial charge < -0.3 is 15.4 Å². The minimum atomic E-state index is -4.10. The topological polar surface area (TPSA) is 108 Å². The van der Waals surface area contributed by atoms with Crippen LogP contribution in [0.25, 0.3) is 0 Å². The molecule has 0 radical (unpaired) electrons. The molecule has 0 aromatic rings. The van der Waals surface area contributed by atoms with E-state index in [0.717, 1.165) is 19.3 Å². The van der Waals surface area contributed by atoms with Gasteiger partial charge in [-0.2, -0.15) is 0 Å². The van der Waals surface area contributed by atoms with E-state index in [1.165, 1.54) is 89.9 Å². The number of unbranched alkanes of at least 4 members (excludes halogenated alkanes) is 16. The second kappa shape index (κ2) is 23.7. The second-order valence-corrected chi connectivity index (χ2v) is 10.0. The van der Waals surface area contributed by atoms with Crippen molar-refractivity contribution in [1.29, 1.82) is 0 Å². The SMILES string of the molecule is CCCCCCCCCCCCCCCCCCCC(=O)OCCOP(=O)(O)OCCN. The fourth-order valence-corrected chi connectivity index (χ4v) is 4.30. The molecule has 192 valence electrons. The van der Waals surface area contributed by atoms with Crippen LogP contribution < -0.4 is 5.73 Å². The van der Waals surface area contributed by atoms with Crippen LogP contribution in [0, 0.1) is 0 Å². The zero-order valence-corrected chi connectivity index (χ0v) is 21.5. The van der Waals surface area contributed by atoms with Crippen molar-refractivity contribution in [1.82, 2.24) is 0 Å². The molecule has 0 aliphatic carbocycles. The highest BCUT2D eigenvalue weighted by Gasteiger charge is 2.20. The van der Waals surface area contributed by atoms with Crippen LogP contribution in [-0.2, 0) is 23.1 Å². The summed E-state index contributed by atoms with van der Waals surface area (Å²) >= 11 is 0. The van der Waals surface area contributed by atoms with Gasteiger partial charge in [0.15, 0.2) is 0 Å². The summed E-state index contributed by atoms with van der Waals surface area (Å²) in [6.45, 7) is 2.09. The van der Waals surface area contributed by atoms with Crippen LogP contribution in [0.2, 0.25) is 0 Å². The van der Waals surface area contributed by atoms with Gasteiger partial charge in [0, 0.05) is 13.0 Å². The van der Waals surface area contributed by atoms with E-state index in [4.69, 9.17) is 10.5 Å². The molecule has 1 atom stereocenters. The lowest BCUT2D eigenvalue weighted by Crippen LogP contribution is -2.12. The first-order chi connectivity index (χ1) is 15.5. The van der Waals surface area contributed by atoms with Gasteiger partial charge in [-0.05, 0) is 6.42 Å². The monoisotopic (exact) mass is 479 g/mol. The predicted octanol–water partition coefficient (Wildman–Crippen LogP) is 6.66. The maximum absolute atomic E-state index is 11.6. The normalized spacial score (nSPS) is 13.2. The summed E-state index contributed by atoms with van der Waals surface area (Å²) in [5.41, 5.74) is 5.18. The van der Waals surface area contributed by atoms with E-state index in [0.29, 0.717) is 6.42 Å². The smallest absolute Gasteiger partial charge is 0.463 e. The molecule has 8 heteroatoms. The molecule has 0 heterocycles. The quantitative estimate of drug-likeness (QED) is 0.0855. The summed E-state index contributed by atoms with van der Waals surface area (Å²) in [6.07, 6.45) is 22.5. The fraction of sp³-hybridized carbons (Fsp3) is 0.958. The van der Waals surface area contributed by atoms with Gasteiger partial charge in [-0.15, -0.1) is 0 Å². The van der Waals surface area contributed by atoms with Crippen LogP contribution in [0.15, 0.2) is 0 Å². The fourth-order valence-electron chi connectivity index (χ4n) is 3.58. The molecule has 32 heavy (non-hydrogen) atoms. The van der Waals surface area contributed by atoms with Gasteiger partial charge in [0.05, 0.1) is 13.2 Å². The zero-order valence-electron chi connectivity index (χ0n) is 20.6. The number of phosphoric ester groups is 1. The van der Waals surface area contributed by atoms with E-state index < -0.39 is 7.82 Å². The number of esters is 1. The number of phosphoric acid groups is 1. The molecular formula is C24H50NO6P. The van der Waals surface area contributed by atoms with Crippen molar-refractivity contribution in [3.63, 3.8) is 0 Å². The zero-order chi connectivity index (χ0) is 23.8. The van der Waals surface area contributed by atoms with Crippen LogP contribution in [0.5, 0.6) is 0 Å². The maximum atomic E-state index is 11.6. The first kappa shape index (κ1) is 31.5. The molecule has 0 spiro atoms. The maximum Gasteiger partial charge on any atom is 0.472 e. The van der Waals surface area contributed by atoms with E-state index in [-0.39, 0.29) is 32.3 Å². The molecule has 0 rings (SSSR count). The second-order valence-electron chi connectivity index (χ2n) is 8.55. The predicted molar refractivity (Wildman–Crippen MR) is 131 cm³/mol. The Morgan fingerprint density at radius 2 is 1.09 bits per heavy atom. The molecule has 7 nitrogen and oxygen atoms in total. The lowest BCUT2D eigenvalue weighted by molar-refractivity contribution is -0.144. The van der Waals surface area contributed by atoms with E-state index >= 15 is 0 Å². The van der Waals surface area contributed by atoms with E-state index in [1.807, 2.05) is 0 Å². The van der Waals surface area contributed by atoms with Crippen LogP contribution in [-0.4, -0.2) is 37.2 Å². The Labute approximate surface area is 196 Å². The third-order valence-electron chi connectivity index (χ3n) is 5.46. The van der Waals surface area contributed by atoms with Crippen LogP contribution in [0.3, 0.4) is 0 Å². The number of ether oxygens (including phenoxy) is 1. The average Bonchev–Trinajstić information content (AvgIpc) is 2.77. The molecule has 0 aromatic heterocycles. The highest BCUT2D eigenvalue weighted by atomic mass is 31.2. The first-order valence-electron chi connectivity index (χ1n) is 13.0. The van der Waals surface area contributed by atoms with Crippen molar-refractivity contribution < 1.29 is 28.0 Å². The third kappa shape index (κ3) is 24.2. The van der Waals surface area contributed by atoms with Crippen LogP contribution in [0.4, 0.5) is 0 Å². The first-order valence-corrected chi connectivity index (χ1v) is 14.5. The number of rotatable bonds is 25. The Morgan fingerprint density at radius 3 is 1.53 bits per heavy atom. The molecule has 0 amide bonds. The molecule has 1 unspecified atom stereocenters. The lowest BCUT2D eigenvalue weighted by Gasteiger charge is -2.11. The molecule has 0 aliphatic heterocycles. The minimum Gasteiger partial charge on any atom is -0.463 e. The Bertz CT molecular complexity index is 464. The summed E-state index contributed by atoms with van der Waals surface area (Å²) in [6, 6.07) is 0. The van der Waals surface area contributed by atoms with Crippen molar-refractivity contribution in [3.05, 3.63) is 0 Å². The molecule has 0 fully saturated rings. The van der Waals surface area contributed by atoms with Gasteiger partial charge in [0.2, 0.25) is 0 Å². The number of hydrogen-bond donors (Lipinski definition) is 2. The van der Waals surface area contributed by atoms with Crippen molar-refractivity contribution in [3.8, 4) is 0 Å². The van der Waals surface area contributed by atoms with Gasteiger partial charge in [0.1, 0.15) is 6.61 Å². The minimum absolute atomic E-state index is 0.0612. The molecule has 0 saturated heterocycles. The van der Waals surface area contributed by atoms with Crippen molar-refractivity contribution in [2.24, 2.45) is 5.73 Å². The molecule has 0 bridgehead atoms. The highest BCUT2D eigenvalue weighted by molar-refractivity contribution is 7.47. The van der Waals surface area contributed by atoms with Crippen molar-refractivity contribution in [2.45, 2.75) is 122 Å². The van der Waals surface area contributed by atoms with Gasteiger partial charge in [0.25, 0.3) is 0 Å². The Hall–Kier alpha value is -0.460. The van der Waals surface area contributed by atoms with Crippen molar-refractivity contribution >= 4 is 13.8 Å². The summed E-state index contributed by atoms with van der Waals surface area (Å²) in [7, 11) is -4.10. The van der Waals surface area contributed by atoms with E-state index in [2.05, 4.69) is 16.0 Å². The van der Waals surface area contributed by atoms with Crippen LogP contribution >= 0.6 is 7.82 Å². The number of carbonyl (C=O) groups excluding carboxylic acids is 1. The largest absolute Gasteiger partial charge is 0.472 e. The molecular weight excluding hydrogens is 429 g/mol. The molecule has 0 aliphatic rings. The molecule has 3 N–H and O–H groups in total. The highest BCUT2D eigenvalue weighted by Crippen LogP contribution is 2.42. The number of nitrogens with two attached hydrogens (primary N) is 1. The molecule has 0 aromatic carbocycles. The number of hydrogen-bond acceptors (Lipinski definition) is 6. The van der Waals surface area contributed by atoms with Crippen LogP contribution in [0.1, 0.15) is 122 Å². The standard InChI is InChI=1S/C24H50NO6P/c1-2-3-4-5-6-7-8-9-10-11-12-13-14-15-16-17-18-19-24(26)29-22-23-31-32(27,28)30-21-20-25/h2-23,25H2,1H3,(H,27,28). The van der Waals surface area contributed by atoms with Gasteiger partial charge >= 0.3 is 13.8 Å². The summed E-state index contributed by atoms with van der Waals surface area (Å²) in [5, 5.41) is 0. The summed E-state index contributed by atoms with van der Waals surface area (Å²) in [5.74, 6) is -0.301.